The zero-order valence-electron chi connectivity index (χ0n) is 14.3. The molecule has 0 saturated heterocycles. The summed E-state index contributed by atoms with van der Waals surface area (Å²) in [5.41, 5.74) is 0.348. The molecule has 0 radical (unpaired) electrons. The van der Waals surface area contributed by atoms with Crippen LogP contribution >= 0.6 is 0 Å². The van der Waals surface area contributed by atoms with Gasteiger partial charge in [-0.2, -0.15) is 0 Å². The molecule has 0 amide bonds. The number of aliphatic hydroxyl groups excluding tert-OH is 2. The number of benzene rings is 1. The smallest absolute Gasteiger partial charge is 0.870 e. The molecule has 3 rings (SSSR count). The Morgan fingerprint density at radius 2 is 1.81 bits per heavy atom. The Bertz CT molecular complexity index is 875. The van der Waals surface area contributed by atoms with Crippen LogP contribution in [0.4, 0.5) is 0 Å². The molecule has 1 aliphatic rings. The van der Waals surface area contributed by atoms with E-state index in [1.807, 2.05) is 0 Å². The molecule has 27 heavy (non-hydrogen) atoms. The van der Waals surface area contributed by atoms with Gasteiger partial charge in [-0.3, -0.25) is 9.59 Å². The van der Waals surface area contributed by atoms with Crippen LogP contribution in [0.3, 0.4) is 0 Å². The van der Waals surface area contributed by atoms with Crippen molar-refractivity contribution in [1.29, 1.82) is 0 Å². The maximum atomic E-state index is 12.4. The van der Waals surface area contributed by atoms with Gasteiger partial charge in [-0.1, -0.05) is 30.0 Å². The number of aliphatic hydroxyl groups is 2. The van der Waals surface area contributed by atoms with Gasteiger partial charge in [-0.25, -0.2) is 4.79 Å². The number of carbonyl (C=O) groups excluding carboxylic acids is 3. The van der Waals surface area contributed by atoms with Crippen molar-refractivity contribution in [3.8, 4) is 0 Å². The number of rotatable bonds is 5. The number of hydrogen-bond donors (Lipinski definition) is 2. The molecule has 134 valence electrons. The monoisotopic (exact) mass is 380 g/mol. The third kappa shape index (κ3) is 4.20. The Morgan fingerprint density at radius 1 is 1.19 bits per heavy atom. The van der Waals surface area contributed by atoms with Crippen LogP contribution in [-0.4, -0.2) is 47.1 Å². The van der Waals surface area contributed by atoms with Gasteiger partial charge in [0.25, 0.3) is 0 Å². The first-order valence-electron chi connectivity index (χ1n) is 7.59. The Labute approximate surface area is 175 Å². The third-order valence-electron chi connectivity index (χ3n) is 3.72. The average Bonchev–Trinajstić information content (AvgIpc) is 3.10. The van der Waals surface area contributed by atoms with E-state index >= 15 is 0 Å². The summed E-state index contributed by atoms with van der Waals surface area (Å²) >= 11 is 0. The Hall–Kier alpha value is -2.23. The summed E-state index contributed by atoms with van der Waals surface area (Å²) in [6, 6.07) is 7.32. The van der Waals surface area contributed by atoms with Gasteiger partial charge in [0.2, 0.25) is 5.78 Å². The molecule has 1 heterocycles. The number of ether oxygens (including phenoxy) is 1. The minimum Gasteiger partial charge on any atom is -0.870 e. The van der Waals surface area contributed by atoms with Crippen LogP contribution in [0.5, 0.6) is 0 Å². The number of hydrogen-bond acceptors (Lipinski definition) is 8. The van der Waals surface area contributed by atoms with E-state index in [2.05, 4.69) is 4.74 Å². The normalized spacial score (nSPS) is 14.1. The van der Waals surface area contributed by atoms with Crippen molar-refractivity contribution in [1.82, 2.24) is 0 Å². The molecular formula is C18H13NaO8. The number of esters is 1. The molecule has 1 aromatic heterocycles. The van der Waals surface area contributed by atoms with Gasteiger partial charge in [0.15, 0.2) is 11.5 Å². The fourth-order valence-electron chi connectivity index (χ4n) is 2.45. The zero-order chi connectivity index (χ0) is 18.8. The molecule has 0 bridgehead atoms. The molecule has 8 nitrogen and oxygen atoms in total. The van der Waals surface area contributed by atoms with Crippen LogP contribution in [0.25, 0.3) is 5.76 Å². The van der Waals surface area contributed by atoms with Crippen molar-refractivity contribution >= 4 is 23.3 Å². The summed E-state index contributed by atoms with van der Waals surface area (Å²) in [6.07, 6.45) is -0.691. The van der Waals surface area contributed by atoms with E-state index in [0.29, 0.717) is 6.08 Å². The van der Waals surface area contributed by atoms with E-state index < -0.39 is 42.6 Å². The van der Waals surface area contributed by atoms with Gasteiger partial charge < -0.3 is 24.5 Å². The summed E-state index contributed by atoms with van der Waals surface area (Å²) in [5.74, 6) is -3.54. The molecule has 1 unspecified atom stereocenters. The van der Waals surface area contributed by atoms with Crippen LogP contribution in [0, 0.1) is 0 Å². The topological polar surface area (TPSA) is 137 Å². The maximum Gasteiger partial charge on any atom is 1.00 e. The van der Waals surface area contributed by atoms with Gasteiger partial charge in [0.05, 0.1) is 12.2 Å². The van der Waals surface area contributed by atoms with Crippen LogP contribution in [0.2, 0.25) is 0 Å². The molecular weight excluding hydrogens is 367 g/mol. The van der Waals surface area contributed by atoms with Crippen molar-refractivity contribution in [3.63, 3.8) is 0 Å². The van der Waals surface area contributed by atoms with Crippen LogP contribution in [-0.2, 0) is 9.53 Å². The largest absolute Gasteiger partial charge is 1.00 e. The number of carbonyl (C=O) groups is 3. The molecule has 2 N–H and O–H groups in total. The van der Waals surface area contributed by atoms with Crippen LogP contribution < -0.4 is 34.7 Å². The van der Waals surface area contributed by atoms with Gasteiger partial charge in [0, 0.05) is 17.2 Å². The van der Waals surface area contributed by atoms with E-state index in [1.165, 1.54) is 12.1 Å². The third-order valence-corrected chi connectivity index (χ3v) is 3.72. The first kappa shape index (κ1) is 21.1. The number of ketones is 2. The minimum absolute atomic E-state index is 0. The number of furan rings is 1. The zero-order valence-corrected chi connectivity index (χ0v) is 16.3. The first-order chi connectivity index (χ1) is 12.4. The molecule has 1 atom stereocenters. The molecule has 1 aliphatic carbocycles. The van der Waals surface area contributed by atoms with Crippen LogP contribution in [0.1, 0.15) is 37.8 Å². The second kappa shape index (κ2) is 8.64. The van der Waals surface area contributed by atoms with Crippen molar-refractivity contribution in [2.24, 2.45) is 0 Å². The molecule has 2 aromatic rings. The fourth-order valence-corrected chi connectivity index (χ4v) is 2.45. The SMILES string of the molecule is O=C(/C=C(\[O-])c1cc2c(o1)C(=O)c1ccccc1C2=O)OCC(O)CO.[Na+]. The van der Waals surface area contributed by atoms with E-state index in [-0.39, 0.29) is 57.8 Å². The van der Waals surface area contributed by atoms with Crippen LogP contribution in [0.15, 0.2) is 40.8 Å². The second-order valence-corrected chi connectivity index (χ2v) is 5.53. The Balaban J connectivity index is 0.00000261. The predicted molar refractivity (Wildman–Crippen MR) is 84.0 cm³/mol. The van der Waals surface area contributed by atoms with Crippen molar-refractivity contribution in [3.05, 3.63) is 64.6 Å². The first-order valence-corrected chi connectivity index (χ1v) is 7.59. The summed E-state index contributed by atoms with van der Waals surface area (Å²) in [6.45, 7) is -1.09. The summed E-state index contributed by atoms with van der Waals surface area (Å²) in [7, 11) is 0. The van der Waals surface area contributed by atoms with E-state index in [4.69, 9.17) is 14.6 Å². The molecule has 1 aromatic carbocycles. The Morgan fingerprint density at radius 3 is 2.44 bits per heavy atom. The molecule has 9 heteroatoms. The van der Waals surface area contributed by atoms with Gasteiger partial charge in [0.1, 0.15) is 18.5 Å². The summed E-state index contributed by atoms with van der Waals surface area (Å²) in [4.78, 5) is 36.4. The molecule has 0 saturated carbocycles. The molecule has 0 spiro atoms. The summed E-state index contributed by atoms with van der Waals surface area (Å²) in [5, 5.41) is 29.8. The minimum atomic E-state index is -1.26. The van der Waals surface area contributed by atoms with Crippen molar-refractivity contribution in [2.75, 3.05) is 13.2 Å². The fraction of sp³-hybridized carbons (Fsp3) is 0.167. The summed E-state index contributed by atoms with van der Waals surface area (Å²) < 4.78 is 9.79. The van der Waals surface area contributed by atoms with Crippen molar-refractivity contribution in [2.45, 2.75) is 6.10 Å². The standard InChI is InChI=1S/C18H14O8.Na/c19-7-9(20)8-25-15(22)6-13(21)14-5-12-16(23)10-3-1-2-4-11(10)17(24)18(12)26-14;/h1-6,9,19-21H,7-8H2;/q;+1/p-1/b13-6-;. The number of fused-ring (bicyclic) bond motifs is 2. The van der Waals surface area contributed by atoms with Gasteiger partial charge in [-0.05, 0) is 6.07 Å². The average molecular weight is 380 g/mol. The molecule has 0 fully saturated rings. The quantitative estimate of drug-likeness (QED) is 0.203. The van der Waals surface area contributed by atoms with E-state index in [1.54, 1.807) is 12.1 Å². The van der Waals surface area contributed by atoms with Crippen molar-refractivity contribution < 1.29 is 68.4 Å². The predicted octanol–water partition coefficient (Wildman–Crippen LogP) is -3.34. The molecule has 0 aliphatic heterocycles. The van der Waals surface area contributed by atoms with E-state index in [9.17, 15) is 19.5 Å². The second-order valence-electron chi connectivity index (χ2n) is 5.53. The van der Waals surface area contributed by atoms with Gasteiger partial charge in [-0.15, -0.1) is 0 Å². The van der Waals surface area contributed by atoms with Gasteiger partial charge >= 0.3 is 35.5 Å². The maximum absolute atomic E-state index is 12.4. The van der Waals surface area contributed by atoms with E-state index in [0.717, 1.165) is 6.07 Å². The Kier molecular flexibility index (Phi) is 6.74.